The molecule has 40 heavy (non-hydrogen) atoms. The van der Waals surface area contributed by atoms with Gasteiger partial charge < -0.3 is 14.9 Å². The maximum atomic E-state index is 13.8. The highest BCUT2D eigenvalue weighted by Crippen LogP contribution is 2.38. The minimum Gasteiger partial charge on any atom is -0.478 e. The molecule has 1 aromatic heterocycles. The molecule has 2 aliphatic rings. The number of nitrogens with zero attached hydrogens (tertiary/aromatic N) is 4. The topological polar surface area (TPSA) is 61.6 Å². The van der Waals surface area contributed by atoms with E-state index >= 15 is 0 Å². The quantitative estimate of drug-likeness (QED) is 0.289. The molecule has 1 atom stereocenters. The zero-order chi connectivity index (χ0) is 28.6. The van der Waals surface area contributed by atoms with Crippen LogP contribution in [0.2, 0.25) is 5.02 Å². The number of hydrogen-bond acceptors (Lipinski definition) is 4. The molecule has 12 heteroatoms. The van der Waals surface area contributed by atoms with Crippen molar-refractivity contribution in [2.24, 2.45) is 0 Å². The lowest BCUT2D eigenvalue weighted by molar-refractivity contribution is -0.140. The molecular weight excluding hydrogens is 555 g/mol. The van der Waals surface area contributed by atoms with Crippen LogP contribution in [0.25, 0.3) is 11.1 Å². The Morgan fingerprint density at radius 1 is 1.10 bits per heavy atom. The number of aromatic nitrogens is 2. The van der Waals surface area contributed by atoms with Crippen LogP contribution in [-0.2, 0) is 0 Å². The van der Waals surface area contributed by atoms with Crippen molar-refractivity contribution in [1.29, 1.82) is 0 Å². The summed E-state index contributed by atoms with van der Waals surface area (Å²) >= 11 is 6.36. The fourth-order valence-electron chi connectivity index (χ4n) is 5.61. The molecule has 2 aliphatic heterocycles. The Hall–Kier alpha value is -3.18. The predicted octanol–water partition coefficient (Wildman–Crippen LogP) is 7.03. The number of aromatic carboxylic acids is 1. The minimum absolute atomic E-state index is 0.0119. The maximum absolute atomic E-state index is 13.8. The average molecular weight is 583 g/mol. The highest BCUT2D eigenvalue weighted by atomic mass is 35.5. The molecule has 3 heterocycles. The van der Waals surface area contributed by atoms with Crippen molar-refractivity contribution in [3.8, 4) is 11.1 Å². The summed E-state index contributed by atoms with van der Waals surface area (Å²) in [6, 6.07) is 13.0. The second-order valence-electron chi connectivity index (χ2n) is 10.3. The second kappa shape index (κ2) is 11.4. The Morgan fingerprint density at radius 3 is 2.48 bits per heavy atom. The summed E-state index contributed by atoms with van der Waals surface area (Å²) in [5, 5.41) is 13.9. The van der Waals surface area contributed by atoms with Crippen LogP contribution in [0.15, 0.2) is 48.7 Å². The van der Waals surface area contributed by atoms with Gasteiger partial charge in [0.2, 0.25) is 0 Å². The molecule has 0 bridgehead atoms. The van der Waals surface area contributed by atoms with Crippen LogP contribution in [0.4, 0.5) is 27.6 Å². The zero-order valence-electron chi connectivity index (χ0n) is 21.4. The molecule has 0 aliphatic carbocycles. The van der Waals surface area contributed by atoms with Crippen molar-refractivity contribution in [2.45, 2.75) is 43.8 Å². The largest absolute Gasteiger partial charge is 0.478 e. The van der Waals surface area contributed by atoms with Gasteiger partial charge in [0, 0.05) is 54.9 Å². The molecule has 0 radical (unpaired) electrons. The fraction of sp³-hybridized carbons (Fsp3) is 0.429. The fourth-order valence-corrected chi connectivity index (χ4v) is 5.78. The van der Waals surface area contributed by atoms with E-state index < -0.39 is 42.3 Å². The van der Waals surface area contributed by atoms with Crippen LogP contribution in [0.5, 0.6) is 0 Å². The van der Waals surface area contributed by atoms with Gasteiger partial charge in [0.15, 0.2) is 0 Å². The number of piperidine rings is 1. The highest BCUT2D eigenvalue weighted by molar-refractivity contribution is 6.31. The lowest BCUT2D eigenvalue weighted by atomic mass is 9.89. The Morgan fingerprint density at radius 2 is 1.82 bits per heavy atom. The van der Waals surface area contributed by atoms with Crippen LogP contribution in [0, 0.1) is 0 Å². The lowest BCUT2D eigenvalue weighted by Gasteiger charge is -2.40. The van der Waals surface area contributed by atoms with Crippen LogP contribution < -0.4 is 4.90 Å². The summed E-state index contributed by atoms with van der Waals surface area (Å²) in [6.45, 7) is 2.21. The van der Waals surface area contributed by atoms with Crippen LogP contribution >= 0.6 is 11.6 Å². The van der Waals surface area contributed by atoms with E-state index in [4.69, 9.17) is 11.6 Å². The van der Waals surface area contributed by atoms with Gasteiger partial charge in [-0.1, -0.05) is 41.9 Å². The Kier molecular flexibility index (Phi) is 8.05. The highest BCUT2D eigenvalue weighted by Gasteiger charge is 2.34. The number of likely N-dealkylation sites (tertiary alicyclic amines) is 1. The summed E-state index contributed by atoms with van der Waals surface area (Å²) in [5.41, 5.74) is 2.63. The molecule has 2 saturated heterocycles. The summed E-state index contributed by atoms with van der Waals surface area (Å²) in [6.07, 6.45) is -5.69. The SMILES string of the molecule is O=C(O)c1cnn(C2CCCN(c3cc(Cl)ccc3-c3ccc(C4CN(CCC(F)(F)F)C4)cc3)C2)c1C(F)F. The van der Waals surface area contributed by atoms with Gasteiger partial charge in [-0.25, -0.2) is 13.6 Å². The van der Waals surface area contributed by atoms with E-state index in [1.165, 1.54) is 0 Å². The van der Waals surface area contributed by atoms with Crippen molar-refractivity contribution in [1.82, 2.24) is 14.7 Å². The molecule has 1 N–H and O–H groups in total. The van der Waals surface area contributed by atoms with E-state index in [1.807, 2.05) is 36.4 Å². The number of hydrogen-bond donors (Lipinski definition) is 1. The molecule has 6 nitrogen and oxygen atoms in total. The Labute approximate surface area is 232 Å². The molecule has 5 rings (SSSR count). The molecule has 2 fully saturated rings. The van der Waals surface area contributed by atoms with Gasteiger partial charge in [0.05, 0.1) is 18.7 Å². The summed E-state index contributed by atoms with van der Waals surface area (Å²) in [5.74, 6) is -1.26. The first kappa shape index (κ1) is 28.4. The number of halogens is 6. The van der Waals surface area contributed by atoms with E-state index in [0.717, 1.165) is 33.3 Å². The predicted molar refractivity (Wildman–Crippen MR) is 141 cm³/mol. The molecule has 0 saturated carbocycles. The first-order valence-corrected chi connectivity index (χ1v) is 13.4. The minimum atomic E-state index is -4.15. The van der Waals surface area contributed by atoms with E-state index in [1.54, 1.807) is 11.0 Å². The van der Waals surface area contributed by atoms with Gasteiger partial charge in [-0.05, 0) is 36.1 Å². The van der Waals surface area contributed by atoms with Gasteiger partial charge in [0.25, 0.3) is 6.43 Å². The number of rotatable bonds is 8. The third-order valence-corrected chi connectivity index (χ3v) is 7.91. The maximum Gasteiger partial charge on any atom is 0.390 e. The van der Waals surface area contributed by atoms with Crippen molar-refractivity contribution < 1.29 is 31.9 Å². The monoisotopic (exact) mass is 582 g/mol. The average Bonchev–Trinajstić information content (AvgIpc) is 3.34. The van der Waals surface area contributed by atoms with E-state index in [0.29, 0.717) is 44.0 Å². The van der Waals surface area contributed by atoms with Crippen molar-refractivity contribution in [3.63, 3.8) is 0 Å². The van der Waals surface area contributed by atoms with Gasteiger partial charge in [0.1, 0.15) is 11.3 Å². The number of carbonyl (C=O) groups is 1. The standard InChI is InChI=1S/C28H28ClF5N4O2/c29-20-7-8-22(18-5-3-17(4-6-18)19-14-36(15-19)11-9-28(32,33)34)24(12-20)37-10-1-2-21(16-37)38-25(26(30)31)23(13-35-38)27(39)40/h3-8,12-13,19,21,26H,1-2,9-11,14-16H2,(H,39,40). The first-order valence-electron chi connectivity index (χ1n) is 13.0. The van der Waals surface area contributed by atoms with E-state index in [2.05, 4.69) is 10.00 Å². The van der Waals surface area contributed by atoms with Gasteiger partial charge >= 0.3 is 12.1 Å². The molecule has 0 spiro atoms. The number of carboxylic acid groups (broad SMARTS) is 1. The summed E-state index contributed by atoms with van der Waals surface area (Å²) < 4.78 is 66.2. The summed E-state index contributed by atoms with van der Waals surface area (Å²) in [4.78, 5) is 15.3. The Bertz CT molecular complexity index is 1360. The lowest BCUT2D eigenvalue weighted by Crippen LogP contribution is -2.46. The van der Waals surface area contributed by atoms with E-state index in [-0.39, 0.29) is 12.5 Å². The molecule has 2 aromatic carbocycles. The molecule has 1 unspecified atom stereocenters. The van der Waals surface area contributed by atoms with Gasteiger partial charge in [-0.3, -0.25) is 4.68 Å². The molecule has 3 aromatic rings. The normalized spacial score (nSPS) is 18.8. The molecular formula is C28H28ClF5N4O2. The number of benzene rings is 2. The van der Waals surface area contributed by atoms with Crippen LogP contribution in [0.3, 0.4) is 0 Å². The van der Waals surface area contributed by atoms with Crippen molar-refractivity contribution in [3.05, 3.63) is 70.5 Å². The van der Waals surface area contributed by atoms with Crippen LogP contribution in [0.1, 0.15) is 59.3 Å². The second-order valence-corrected chi connectivity index (χ2v) is 10.8. The van der Waals surface area contributed by atoms with E-state index in [9.17, 15) is 31.9 Å². The third kappa shape index (κ3) is 6.10. The van der Waals surface area contributed by atoms with Crippen LogP contribution in [-0.4, -0.2) is 64.7 Å². The van der Waals surface area contributed by atoms with Gasteiger partial charge in [-0.2, -0.15) is 18.3 Å². The number of alkyl halides is 5. The first-order chi connectivity index (χ1) is 19.0. The third-order valence-electron chi connectivity index (χ3n) is 7.68. The molecule has 214 valence electrons. The number of carboxylic acids is 1. The van der Waals surface area contributed by atoms with Crippen molar-refractivity contribution >= 4 is 23.3 Å². The molecule has 0 amide bonds. The number of anilines is 1. The zero-order valence-corrected chi connectivity index (χ0v) is 22.2. The summed E-state index contributed by atoms with van der Waals surface area (Å²) in [7, 11) is 0. The smallest absolute Gasteiger partial charge is 0.390 e. The van der Waals surface area contributed by atoms with Crippen molar-refractivity contribution in [2.75, 3.05) is 37.6 Å². The van der Waals surface area contributed by atoms with Gasteiger partial charge in [-0.15, -0.1) is 0 Å². The Balaban J connectivity index is 1.33.